The van der Waals surface area contributed by atoms with Crippen molar-refractivity contribution >= 4 is 29.1 Å². The lowest BCUT2D eigenvalue weighted by Gasteiger charge is -2.22. The van der Waals surface area contributed by atoms with E-state index in [9.17, 15) is 4.79 Å². The summed E-state index contributed by atoms with van der Waals surface area (Å²) >= 11 is 6.02. The molecule has 2 heterocycles. The van der Waals surface area contributed by atoms with Crippen LogP contribution >= 0.6 is 11.6 Å². The van der Waals surface area contributed by atoms with E-state index in [1.165, 1.54) is 5.56 Å². The summed E-state index contributed by atoms with van der Waals surface area (Å²) in [4.78, 5) is 23.6. The van der Waals surface area contributed by atoms with E-state index >= 15 is 0 Å². The average Bonchev–Trinajstić information content (AvgIpc) is 3.03. The maximum absolute atomic E-state index is 13.1. The second kappa shape index (κ2) is 7.98. The van der Waals surface area contributed by atoms with Crippen LogP contribution in [-0.2, 0) is 12.8 Å². The van der Waals surface area contributed by atoms with Crippen LogP contribution in [0.3, 0.4) is 0 Å². The number of carbonyl (C=O) groups excluding carboxylic acids is 1. The van der Waals surface area contributed by atoms with Crippen LogP contribution in [0, 0.1) is 0 Å². The predicted octanol–water partition coefficient (Wildman–Crippen LogP) is 4.38. The first-order valence-electron chi connectivity index (χ1n) is 9.34. The zero-order chi connectivity index (χ0) is 19.5. The number of nitrogens with one attached hydrogen (secondary N) is 1. The molecular weight excluding hydrogens is 372 g/mol. The molecule has 0 spiro atoms. The van der Waals surface area contributed by atoms with Gasteiger partial charge < -0.3 is 10.2 Å². The Kier molecular flexibility index (Phi) is 5.26. The van der Waals surface area contributed by atoms with Gasteiger partial charge in [-0.15, -0.1) is 0 Å². The van der Waals surface area contributed by atoms with Crippen molar-refractivity contribution in [3.8, 4) is 0 Å². The molecule has 0 fully saturated rings. The van der Waals surface area contributed by atoms with Gasteiger partial charge in [-0.25, -0.2) is 9.97 Å². The molecule has 1 atom stereocenters. The maximum Gasteiger partial charge on any atom is 0.277 e. The molecule has 2 aromatic carbocycles. The first-order valence-corrected chi connectivity index (χ1v) is 9.72. The summed E-state index contributed by atoms with van der Waals surface area (Å²) in [6.07, 6.45) is 3.27. The molecule has 1 aliphatic heterocycles. The Morgan fingerprint density at radius 2 is 2.07 bits per heavy atom. The molecule has 0 saturated heterocycles. The molecule has 5 nitrogen and oxygen atoms in total. The topological polar surface area (TPSA) is 58.1 Å². The van der Waals surface area contributed by atoms with E-state index in [0.717, 1.165) is 29.1 Å². The number of fused-ring (bicyclic) bond motifs is 1. The first kappa shape index (κ1) is 18.4. The van der Waals surface area contributed by atoms with Crippen molar-refractivity contribution in [2.75, 3.05) is 16.8 Å². The fraction of sp³-hybridized carbons (Fsp3) is 0.227. The van der Waals surface area contributed by atoms with E-state index in [0.29, 0.717) is 18.2 Å². The minimum Gasteiger partial charge on any atom is -0.354 e. The quantitative estimate of drug-likeness (QED) is 0.700. The van der Waals surface area contributed by atoms with Gasteiger partial charge in [0.25, 0.3) is 5.91 Å². The fourth-order valence-electron chi connectivity index (χ4n) is 3.57. The van der Waals surface area contributed by atoms with E-state index in [4.69, 9.17) is 11.6 Å². The monoisotopic (exact) mass is 392 g/mol. The van der Waals surface area contributed by atoms with Gasteiger partial charge in [-0.3, -0.25) is 4.79 Å². The van der Waals surface area contributed by atoms with E-state index < -0.39 is 0 Å². The SMILES string of the molecule is CC1Cc2ccccc2N1C(=O)c1ccnc(NCCc2cccc(Cl)c2)n1. The maximum atomic E-state index is 13.1. The highest BCUT2D eigenvalue weighted by Gasteiger charge is 2.31. The Morgan fingerprint density at radius 1 is 1.21 bits per heavy atom. The summed E-state index contributed by atoms with van der Waals surface area (Å²) in [6, 6.07) is 17.6. The molecule has 1 amide bonds. The number of carbonyl (C=O) groups is 1. The summed E-state index contributed by atoms with van der Waals surface area (Å²) in [6.45, 7) is 2.71. The van der Waals surface area contributed by atoms with Crippen molar-refractivity contribution in [2.45, 2.75) is 25.8 Å². The molecule has 6 heteroatoms. The number of para-hydroxylation sites is 1. The van der Waals surface area contributed by atoms with Crippen molar-refractivity contribution in [1.29, 1.82) is 0 Å². The molecule has 142 valence electrons. The number of hydrogen-bond donors (Lipinski definition) is 1. The van der Waals surface area contributed by atoms with Crippen molar-refractivity contribution in [1.82, 2.24) is 9.97 Å². The van der Waals surface area contributed by atoms with Crippen LogP contribution in [0.4, 0.5) is 11.6 Å². The lowest BCUT2D eigenvalue weighted by molar-refractivity contribution is 0.0976. The molecule has 28 heavy (non-hydrogen) atoms. The molecule has 0 saturated carbocycles. The number of halogens is 1. The van der Waals surface area contributed by atoms with Crippen molar-refractivity contribution in [2.24, 2.45) is 0 Å². The van der Waals surface area contributed by atoms with Gasteiger partial charge in [0, 0.05) is 29.5 Å². The molecule has 0 bridgehead atoms. The van der Waals surface area contributed by atoms with Gasteiger partial charge >= 0.3 is 0 Å². The van der Waals surface area contributed by atoms with Crippen LogP contribution in [0.2, 0.25) is 5.02 Å². The second-order valence-electron chi connectivity index (χ2n) is 6.93. The normalized spacial score (nSPS) is 15.4. The van der Waals surface area contributed by atoms with Gasteiger partial charge in [0.1, 0.15) is 5.69 Å². The molecule has 1 unspecified atom stereocenters. The van der Waals surface area contributed by atoms with Crippen molar-refractivity contribution in [3.05, 3.63) is 82.6 Å². The zero-order valence-corrected chi connectivity index (χ0v) is 16.4. The Morgan fingerprint density at radius 3 is 2.93 bits per heavy atom. The van der Waals surface area contributed by atoms with Gasteiger partial charge in [-0.05, 0) is 55.2 Å². The Hall–Kier alpha value is -2.92. The average molecular weight is 393 g/mol. The third kappa shape index (κ3) is 3.85. The number of anilines is 2. The predicted molar refractivity (Wildman–Crippen MR) is 112 cm³/mol. The molecule has 3 aromatic rings. The third-order valence-electron chi connectivity index (χ3n) is 4.89. The summed E-state index contributed by atoms with van der Waals surface area (Å²) in [5.74, 6) is 0.353. The van der Waals surface area contributed by atoms with Crippen LogP contribution in [0.15, 0.2) is 60.8 Å². The minimum atomic E-state index is -0.0993. The second-order valence-corrected chi connectivity index (χ2v) is 7.37. The lowest BCUT2D eigenvalue weighted by atomic mass is 10.1. The number of hydrogen-bond acceptors (Lipinski definition) is 4. The minimum absolute atomic E-state index is 0.0993. The van der Waals surface area contributed by atoms with E-state index in [1.54, 1.807) is 12.3 Å². The van der Waals surface area contributed by atoms with Crippen molar-refractivity contribution < 1.29 is 4.79 Å². The van der Waals surface area contributed by atoms with Crippen LogP contribution in [0.1, 0.15) is 28.5 Å². The molecule has 0 aliphatic carbocycles. The van der Waals surface area contributed by atoms with Crippen LogP contribution in [0.25, 0.3) is 0 Å². The summed E-state index contributed by atoms with van der Waals surface area (Å²) in [5, 5.41) is 3.92. The van der Waals surface area contributed by atoms with Gasteiger partial charge in [0.15, 0.2) is 0 Å². The first-order chi connectivity index (χ1) is 13.6. The Labute approximate surface area is 169 Å². The zero-order valence-electron chi connectivity index (χ0n) is 15.6. The summed E-state index contributed by atoms with van der Waals surface area (Å²) < 4.78 is 0. The highest BCUT2D eigenvalue weighted by Crippen LogP contribution is 2.32. The molecular formula is C22H21ClN4O. The Balaban J connectivity index is 1.45. The summed E-state index contributed by atoms with van der Waals surface area (Å²) in [7, 11) is 0. The third-order valence-corrected chi connectivity index (χ3v) is 5.12. The van der Waals surface area contributed by atoms with Crippen LogP contribution < -0.4 is 10.2 Å². The number of amides is 1. The molecule has 1 aliphatic rings. The highest BCUT2D eigenvalue weighted by atomic mass is 35.5. The number of benzene rings is 2. The highest BCUT2D eigenvalue weighted by molar-refractivity contribution is 6.30. The van der Waals surface area contributed by atoms with E-state index in [-0.39, 0.29) is 11.9 Å². The molecule has 0 radical (unpaired) electrons. The molecule has 4 rings (SSSR count). The smallest absolute Gasteiger partial charge is 0.277 e. The van der Waals surface area contributed by atoms with Crippen molar-refractivity contribution in [3.63, 3.8) is 0 Å². The standard InChI is InChI=1S/C22H21ClN4O/c1-15-13-17-6-2-3-8-20(17)27(15)21(28)19-10-12-25-22(26-19)24-11-9-16-5-4-7-18(23)14-16/h2-8,10,12,14-15H,9,11,13H2,1H3,(H,24,25,26). The van der Waals surface area contributed by atoms with Gasteiger partial charge in [0.2, 0.25) is 5.95 Å². The van der Waals surface area contributed by atoms with Gasteiger partial charge in [0.05, 0.1) is 0 Å². The molecule has 1 N–H and O–H groups in total. The largest absolute Gasteiger partial charge is 0.354 e. The van der Waals surface area contributed by atoms with E-state index in [2.05, 4.69) is 28.3 Å². The molecule has 1 aromatic heterocycles. The van der Waals surface area contributed by atoms with Gasteiger partial charge in [-0.1, -0.05) is 41.9 Å². The van der Waals surface area contributed by atoms with E-state index in [1.807, 2.05) is 47.4 Å². The fourth-order valence-corrected chi connectivity index (χ4v) is 3.79. The number of aromatic nitrogens is 2. The number of rotatable bonds is 5. The lowest BCUT2D eigenvalue weighted by Crippen LogP contribution is -2.36. The van der Waals surface area contributed by atoms with Crippen LogP contribution in [-0.4, -0.2) is 28.5 Å². The van der Waals surface area contributed by atoms with Crippen LogP contribution in [0.5, 0.6) is 0 Å². The van der Waals surface area contributed by atoms with Gasteiger partial charge in [-0.2, -0.15) is 0 Å². The summed E-state index contributed by atoms with van der Waals surface area (Å²) in [5.41, 5.74) is 3.69. The number of nitrogens with zero attached hydrogens (tertiary/aromatic N) is 3. The Bertz CT molecular complexity index is 1010.